The first-order chi connectivity index (χ1) is 13.0. The van der Waals surface area contributed by atoms with Crippen molar-refractivity contribution in [3.63, 3.8) is 0 Å². The summed E-state index contributed by atoms with van der Waals surface area (Å²) >= 11 is 0. The Hall–Kier alpha value is -2.51. The van der Waals surface area contributed by atoms with Crippen molar-refractivity contribution >= 4 is 12.1 Å². The molecule has 0 saturated carbocycles. The van der Waals surface area contributed by atoms with Crippen molar-refractivity contribution in [2.45, 2.75) is 34.2 Å². The standard InChI is InChI=1S/C19H31N5O3/c1-6-20-18(23-8-10-24(11-9-23)19(25)27-7-2)22-13-16-15(4)17(26-5)14(3)12-21-16/h12H,6-11,13H2,1-5H3,(H,20,22). The van der Waals surface area contributed by atoms with Gasteiger partial charge < -0.3 is 24.6 Å². The van der Waals surface area contributed by atoms with Gasteiger partial charge in [0.15, 0.2) is 5.96 Å². The molecule has 1 amide bonds. The molecular weight excluding hydrogens is 346 g/mol. The first-order valence-electron chi connectivity index (χ1n) is 9.45. The second kappa shape index (κ2) is 9.99. The van der Waals surface area contributed by atoms with Crippen LogP contribution in [0.15, 0.2) is 11.2 Å². The minimum absolute atomic E-state index is 0.245. The normalized spacial score (nSPS) is 14.9. The number of carbonyl (C=O) groups is 1. The molecule has 1 saturated heterocycles. The number of aryl methyl sites for hydroxylation is 1. The smallest absolute Gasteiger partial charge is 0.409 e. The van der Waals surface area contributed by atoms with Crippen molar-refractivity contribution in [2.75, 3.05) is 46.4 Å². The highest BCUT2D eigenvalue weighted by Gasteiger charge is 2.23. The Labute approximate surface area is 161 Å². The van der Waals surface area contributed by atoms with E-state index in [2.05, 4.69) is 15.2 Å². The fourth-order valence-corrected chi connectivity index (χ4v) is 3.12. The third kappa shape index (κ3) is 5.24. The van der Waals surface area contributed by atoms with Crippen LogP contribution < -0.4 is 10.1 Å². The Morgan fingerprint density at radius 1 is 1.22 bits per heavy atom. The Kier molecular flexibility index (Phi) is 7.69. The first-order valence-corrected chi connectivity index (χ1v) is 9.45. The summed E-state index contributed by atoms with van der Waals surface area (Å²) in [6, 6.07) is 0. The molecule has 1 aromatic heterocycles. The lowest BCUT2D eigenvalue weighted by atomic mass is 10.1. The van der Waals surface area contributed by atoms with E-state index in [4.69, 9.17) is 14.5 Å². The van der Waals surface area contributed by atoms with Crippen molar-refractivity contribution in [1.29, 1.82) is 0 Å². The van der Waals surface area contributed by atoms with E-state index >= 15 is 0 Å². The van der Waals surface area contributed by atoms with E-state index in [0.29, 0.717) is 39.3 Å². The van der Waals surface area contributed by atoms with Crippen LogP contribution in [0.3, 0.4) is 0 Å². The number of ether oxygens (including phenoxy) is 2. The second-order valence-electron chi connectivity index (χ2n) is 6.39. The van der Waals surface area contributed by atoms with E-state index in [1.54, 1.807) is 12.0 Å². The quantitative estimate of drug-likeness (QED) is 0.624. The summed E-state index contributed by atoms with van der Waals surface area (Å²) in [5.41, 5.74) is 2.94. The number of rotatable bonds is 5. The Bertz CT molecular complexity index is 670. The van der Waals surface area contributed by atoms with Crippen LogP contribution in [0.1, 0.15) is 30.7 Å². The molecule has 0 spiro atoms. The number of aromatic nitrogens is 1. The van der Waals surface area contributed by atoms with Gasteiger partial charge in [-0.05, 0) is 27.7 Å². The molecule has 1 aliphatic rings. The highest BCUT2D eigenvalue weighted by atomic mass is 16.6. The number of pyridine rings is 1. The number of hydrogen-bond donors (Lipinski definition) is 1. The topological polar surface area (TPSA) is 79.3 Å². The average molecular weight is 377 g/mol. The first kappa shape index (κ1) is 20.8. The Morgan fingerprint density at radius 2 is 1.89 bits per heavy atom. The van der Waals surface area contributed by atoms with Gasteiger partial charge in [0.05, 0.1) is 26.0 Å². The van der Waals surface area contributed by atoms with Gasteiger partial charge >= 0.3 is 6.09 Å². The molecule has 8 heteroatoms. The van der Waals surface area contributed by atoms with Crippen LogP contribution in [-0.2, 0) is 11.3 Å². The predicted molar refractivity (Wildman–Crippen MR) is 105 cm³/mol. The summed E-state index contributed by atoms with van der Waals surface area (Å²) in [6.07, 6.45) is 1.58. The molecule has 0 unspecified atom stereocenters. The number of aliphatic imine (C=N–C) groups is 1. The fraction of sp³-hybridized carbons (Fsp3) is 0.632. The van der Waals surface area contributed by atoms with Crippen LogP contribution in [0.25, 0.3) is 0 Å². The van der Waals surface area contributed by atoms with E-state index in [1.807, 2.05) is 33.9 Å². The number of nitrogens with one attached hydrogen (secondary N) is 1. The third-order valence-corrected chi connectivity index (χ3v) is 4.57. The molecule has 0 radical (unpaired) electrons. The summed E-state index contributed by atoms with van der Waals surface area (Å²) in [6.45, 7) is 12.2. The van der Waals surface area contributed by atoms with Gasteiger partial charge in [0.1, 0.15) is 5.75 Å². The Morgan fingerprint density at radius 3 is 2.48 bits per heavy atom. The van der Waals surface area contributed by atoms with Crippen LogP contribution in [-0.4, -0.2) is 73.3 Å². The molecule has 1 aromatic rings. The van der Waals surface area contributed by atoms with Gasteiger partial charge in [-0.25, -0.2) is 9.79 Å². The zero-order valence-corrected chi connectivity index (χ0v) is 17.0. The van der Waals surface area contributed by atoms with Crippen LogP contribution in [0.4, 0.5) is 4.79 Å². The third-order valence-electron chi connectivity index (χ3n) is 4.57. The molecule has 8 nitrogen and oxygen atoms in total. The number of amides is 1. The molecule has 1 N–H and O–H groups in total. The number of guanidine groups is 1. The summed E-state index contributed by atoms with van der Waals surface area (Å²) in [4.78, 5) is 25.0. The molecular formula is C19H31N5O3. The zero-order chi connectivity index (χ0) is 19.8. The highest BCUT2D eigenvalue weighted by molar-refractivity contribution is 5.80. The molecule has 2 heterocycles. The molecule has 0 aliphatic carbocycles. The lowest BCUT2D eigenvalue weighted by Crippen LogP contribution is -2.53. The molecule has 1 fully saturated rings. The fourth-order valence-electron chi connectivity index (χ4n) is 3.12. The summed E-state index contributed by atoms with van der Waals surface area (Å²) in [5.74, 6) is 1.70. The van der Waals surface area contributed by atoms with E-state index in [1.165, 1.54) is 0 Å². The molecule has 27 heavy (non-hydrogen) atoms. The maximum atomic E-state index is 11.9. The van der Waals surface area contributed by atoms with Crippen molar-refractivity contribution in [1.82, 2.24) is 20.1 Å². The molecule has 2 rings (SSSR count). The number of methoxy groups -OCH3 is 1. The van der Waals surface area contributed by atoms with Gasteiger partial charge in [-0.3, -0.25) is 4.98 Å². The minimum atomic E-state index is -0.245. The molecule has 150 valence electrons. The van der Waals surface area contributed by atoms with Crippen molar-refractivity contribution in [3.8, 4) is 5.75 Å². The van der Waals surface area contributed by atoms with Crippen LogP contribution in [0, 0.1) is 13.8 Å². The van der Waals surface area contributed by atoms with Crippen molar-refractivity contribution in [2.24, 2.45) is 4.99 Å². The summed E-state index contributed by atoms with van der Waals surface area (Å²) < 4.78 is 10.6. The van der Waals surface area contributed by atoms with Crippen LogP contribution in [0.2, 0.25) is 0 Å². The molecule has 1 aliphatic heterocycles. The maximum absolute atomic E-state index is 11.9. The highest BCUT2D eigenvalue weighted by Crippen LogP contribution is 2.24. The largest absolute Gasteiger partial charge is 0.496 e. The van der Waals surface area contributed by atoms with Gasteiger partial charge in [0, 0.05) is 50.0 Å². The number of carbonyl (C=O) groups excluding carboxylic acids is 1. The molecule has 0 bridgehead atoms. The van der Waals surface area contributed by atoms with Crippen molar-refractivity contribution in [3.05, 3.63) is 23.0 Å². The van der Waals surface area contributed by atoms with Gasteiger partial charge in [0.25, 0.3) is 0 Å². The van der Waals surface area contributed by atoms with Gasteiger partial charge in [-0.1, -0.05) is 0 Å². The van der Waals surface area contributed by atoms with E-state index in [-0.39, 0.29) is 6.09 Å². The van der Waals surface area contributed by atoms with Gasteiger partial charge in [-0.2, -0.15) is 0 Å². The number of nitrogens with zero attached hydrogens (tertiary/aromatic N) is 4. The van der Waals surface area contributed by atoms with Crippen LogP contribution >= 0.6 is 0 Å². The monoisotopic (exact) mass is 377 g/mol. The lowest BCUT2D eigenvalue weighted by molar-refractivity contribution is 0.0914. The zero-order valence-electron chi connectivity index (χ0n) is 17.0. The summed E-state index contributed by atoms with van der Waals surface area (Å²) in [5, 5.41) is 3.33. The molecule has 0 aromatic carbocycles. The number of hydrogen-bond acceptors (Lipinski definition) is 5. The van der Waals surface area contributed by atoms with Crippen molar-refractivity contribution < 1.29 is 14.3 Å². The number of piperazine rings is 1. The maximum Gasteiger partial charge on any atom is 0.409 e. The molecule has 0 atom stereocenters. The van der Waals surface area contributed by atoms with E-state index in [0.717, 1.165) is 35.1 Å². The Balaban J connectivity index is 2.06. The van der Waals surface area contributed by atoms with Crippen LogP contribution in [0.5, 0.6) is 5.75 Å². The van der Waals surface area contributed by atoms with E-state index < -0.39 is 0 Å². The van der Waals surface area contributed by atoms with E-state index in [9.17, 15) is 4.79 Å². The minimum Gasteiger partial charge on any atom is -0.496 e. The van der Waals surface area contributed by atoms with Gasteiger partial charge in [0.2, 0.25) is 0 Å². The predicted octanol–water partition coefficient (Wildman–Crippen LogP) is 1.95. The summed E-state index contributed by atoms with van der Waals surface area (Å²) in [7, 11) is 1.68. The second-order valence-corrected chi connectivity index (χ2v) is 6.39. The SMILES string of the molecule is CCNC(=NCc1ncc(C)c(OC)c1C)N1CCN(C(=O)OCC)CC1. The lowest BCUT2D eigenvalue weighted by Gasteiger charge is -2.35. The average Bonchev–Trinajstić information content (AvgIpc) is 2.67. The van der Waals surface area contributed by atoms with Gasteiger partial charge in [-0.15, -0.1) is 0 Å².